The molecule has 0 aliphatic carbocycles. The predicted octanol–water partition coefficient (Wildman–Crippen LogP) is 6.04. The van der Waals surface area contributed by atoms with Crippen molar-refractivity contribution in [3.05, 3.63) is 108 Å². The highest BCUT2D eigenvalue weighted by molar-refractivity contribution is 7.86. The third-order valence-electron chi connectivity index (χ3n) is 5.74. The fraction of sp³-hybridized carbons (Fsp3) is 0.200. The van der Waals surface area contributed by atoms with Crippen LogP contribution in [0.2, 0.25) is 5.15 Å². The SMILES string of the molecule is C=Cc1ccnc(-c2cc(OC[C@@H](N)CC)cnc2Cl)c1.Cc1ccc(S(=O)(=O)O)cc1.Cc1ccc(S(=O)(=O)O)cc1. The lowest BCUT2D eigenvalue weighted by atomic mass is 10.1. The molecule has 0 saturated carbocycles. The maximum atomic E-state index is 10.5. The van der Waals surface area contributed by atoms with E-state index in [1.807, 2.05) is 39.0 Å². The van der Waals surface area contributed by atoms with Crippen molar-refractivity contribution >= 4 is 37.9 Å². The van der Waals surface area contributed by atoms with Crippen molar-refractivity contribution in [3.8, 4) is 17.0 Å². The molecule has 13 heteroatoms. The summed E-state index contributed by atoms with van der Waals surface area (Å²) in [5.74, 6) is 0.629. The lowest BCUT2D eigenvalue weighted by Crippen LogP contribution is -2.26. The molecule has 0 amide bonds. The van der Waals surface area contributed by atoms with E-state index in [1.54, 1.807) is 42.7 Å². The molecule has 0 saturated heterocycles. The topological polar surface area (TPSA) is 170 Å². The second-order valence-electron chi connectivity index (χ2n) is 9.24. The number of rotatable bonds is 8. The second-order valence-corrected chi connectivity index (χ2v) is 12.4. The van der Waals surface area contributed by atoms with Gasteiger partial charge in [0, 0.05) is 17.8 Å². The van der Waals surface area contributed by atoms with Crippen LogP contribution in [0.4, 0.5) is 0 Å². The van der Waals surface area contributed by atoms with E-state index < -0.39 is 20.2 Å². The molecule has 0 aliphatic rings. The summed E-state index contributed by atoms with van der Waals surface area (Å²) < 4.78 is 64.7. The molecule has 2 aromatic heterocycles. The summed E-state index contributed by atoms with van der Waals surface area (Å²) in [4.78, 5) is 8.33. The third kappa shape index (κ3) is 12.2. The van der Waals surface area contributed by atoms with Crippen LogP contribution in [0.25, 0.3) is 17.3 Å². The standard InChI is InChI=1S/C16H18ClN3O.2C7H8O3S/c1-3-11-5-6-19-15(7-11)14-8-13(9-20-16(14)17)21-10-12(18)4-2;2*1-6-2-4-7(5-3-6)11(8,9)10/h3,5-9,12H,1,4,10,18H2,2H3;2*2-5H,1H3,(H,8,9,10)/t12-;;/m0../s1. The summed E-state index contributed by atoms with van der Waals surface area (Å²) in [7, 11) is -8.04. The number of pyridine rings is 2. The molecule has 2 heterocycles. The molecule has 43 heavy (non-hydrogen) atoms. The normalized spacial score (nSPS) is 11.7. The first kappa shape index (κ1) is 35.5. The van der Waals surface area contributed by atoms with E-state index in [1.165, 1.54) is 24.3 Å². The van der Waals surface area contributed by atoms with Crippen LogP contribution in [0, 0.1) is 13.8 Å². The largest absolute Gasteiger partial charge is 0.490 e. The molecule has 1 atom stereocenters. The first-order valence-corrected chi connectivity index (χ1v) is 16.1. The lowest BCUT2D eigenvalue weighted by molar-refractivity contribution is 0.284. The molecule has 4 rings (SSSR count). The zero-order valence-electron chi connectivity index (χ0n) is 23.9. The Kier molecular flexibility index (Phi) is 13.4. The van der Waals surface area contributed by atoms with Crippen molar-refractivity contribution in [1.29, 1.82) is 0 Å². The van der Waals surface area contributed by atoms with E-state index in [0.717, 1.165) is 34.4 Å². The van der Waals surface area contributed by atoms with Crippen LogP contribution in [0.1, 0.15) is 30.0 Å². The Balaban J connectivity index is 0.000000247. The molecule has 4 N–H and O–H groups in total. The number of aryl methyl sites for hydroxylation is 2. The predicted molar refractivity (Wildman–Crippen MR) is 168 cm³/mol. The molecule has 2 aromatic carbocycles. The Morgan fingerprint density at radius 1 is 0.907 bits per heavy atom. The van der Waals surface area contributed by atoms with Crippen LogP contribution in [-0.4, -0.2) is 48.6 Å². The molecular weight excluding hydrogens is 614 g/mol. The molecule has 230 valence electrons. The van der Waals surface area contributed by atoms with Crippen LogP contribution in [0.5, 0.6) is 5.75 Å². The monoisotopic (exact) mass is 647 g/mol. The van der Waals surface area contributed by atoms with Crippen LogP contribution in [0.3, 0.4) is 0 Å². The van der Waals surface area contributed by atoms with Gasteiger partial charge in [0.15, 0.2) is 0 Å². The minimum atomic E-state index is -4.02. The van der Waals surface area contributed by atoms with Gasteiger partial charge in [-0.1, -0.05) is 66.6 Å². The highest BCUT2D eigenvalue weighted by Crippen LogP contribution is 2.29. The van der Waals surface area contributed by atoms with E-state index in [9.17, 15) is 16.8 Å². The third-order valence-corrected chi connectivity index (χ3v) is 7.77. The number of halogens is 1. The lowest BCUT2D eigenvalue weighted by Gasteiger charge is -2.12. The maximum Gasteiger partial charge on any atom is 0.294 e. The minimum Gasteiger partial charge on any atom is -0.490 e. The zero-order chi connectivity index (χ0) is 32.2. The second kappa shape index (κ2) is 16.3. The van der Waals surface area contributed by atoms with Gasteiger partial charge in [-0.15, -0.1) is 0 Å². The van der Waals surface area contributed by atoms with Gasteiger partial charge < -0.3 is 10.5 Å². The average molecular weight is 648 g/mol. The fourth-order valence-electron chi connectivity index (χ4n) is 3.15. The number of benzene rings is 2. The van der Waals surface area contributed by atoms with Crippen molar-refractivity contribution in [2.24, 2.45) is 5.73 Å². The van der Waals surface area contributed by atoms with Crippen LogP contribution < -0.4 is 10.5 Å². The fourth-order valence-corrected chi connectivity index (χ4v) is 4.31. The molecule has 0 unspecified atom stereocenters. The van der Waals surface area contributed by atoms with Gasteiger partial charge in [0.2, 0.25) is 0 Å². The van der Waals surface area contributed by atoms with Crippen molar-refractivity contribution in [2.45, 2.75) is 43.0 Å². The van der Waals surface area contributed by atoms with Crippen molar-refractivity contribution < 1.29 is 30.7 Å². The molecule has 0 radical (unpaired) electrons. The number of hydrogen-bond donors (Lipinski definition) is 3. The van der Waals surface area contributed by atoms with E-state index in [0.29, 0.717) is 17.5 Å². The van der Waals surface area contributed by atoms with E-state index in [4.69, 9.17) is 31.2 Å². The Labute approximate surface area is 257 Å². The molecule has 0 spiro atoms. The minimum absolute atomic E-state index is 0.00588. The smallest absolute Gasteiger partial charge is 0.294 e. The number of aromatic nitrogens is 2. The molecule has 0 aliphatic heterocycles. The van der Waals surface area contributed by atoms with Gasteiger partial charge in [0.05, 0.1) is 21.7 Å². The van der Waals surface area contributed by atoms with Crippen molar-refractivity contribution in [3.63, 3.8) is 0 Å². The number of hydrogen-bond acceptors (Lipinski definition) is 8. The Morgan fingerprint density at radius 2 is 1.42 bits per heavy atom. The summed E-state index contributed by atoms with van der Waals surface area (Å²) in [6, 6.07) is 17.6. The maximum absolute atomic E-state index is 10.5. The number of nitrogens with zero attached hydrogens (tertiary/aromatic N) is 2. The van der Waals surface area contributed by atoms with Gasteiger partial charge in [-0.3, -0.25) is 14.1 Å². The summed E-state index contributed by atoms with van der Waals surface area (Å²) in [6.07, 6.45) is 5.92. The number of nitrogens with two attached hydrogens (primary N) is 1. The van der Waals surface area contributed by atoms with Crippen molar-refractivity contribution in [2.75, 3.05) is 6.61 Å². The number of ether oxygens (including phenoxy) is 1. The van der Waals surface area contributed by atoms with Gasteiger partial charge in [0.1, 0.15) is 17.5 Å². The summed E-state index contributed by atoms with van der Waals surface area (Å²) >= 11 is 6.16. The van der Waals surface area contributed by atoms with Crippen LogP contribution >= 0.6 is 11.6 Å². The van der Waals surface area contributed by atoms with Gasteiger partial charge in [-0.25, -0.2) is 4.98 Å². The molecule has 0 bridgehead atoms. The molecule has 10 nitrogen and oxygen atoms in total. The Bertz CT molecular complexity index is 1640. The van der Waals surface area contributed by atoms with Gasteiger partial charge in [-0.2, -0.15) is 16.8 Å². The van der Waals surface area contributed by atoms with Gasteiger partial charge in [-0.05, 0) is 68.3 Å². The summed E-state index contributed by atoms with van der Waals surface area (Å²) in [5.41, 5.74) is 10.2. The quantitative estimate of drug-likeness (QED) is 0.151. The average Bonchev–Trinajstić information content (AvgIpc) is 2.96. The Morgan fingerprint density at radius 3 is 1.86 bits per heavy atom. The first-order valence-electron chi connectivity index (χ1n) is 12.8. The van der Waals surface area contributed by atoms with Gasteiger partial charge in [0.25, 0.3) is 20.2 Å². The Hall–Kier alpha value is -3.65. The summed E-state index contributed by atoms with van der Waals surface area (Å²) in [5, 5.41) is 0.385. The summed E-state index contributed by atoms with van der Waals surface area (Å²) in [6.45, 7) is 9.89. The van der Waals surface area contributed by atoms with E-state index in [-0.39, 0.29) is 15.8 Å². The van der Waals surface area contributed by atoms with Crippen LogP contribution in [-0.2, 0) is 20.2 Å². The van der Waals surface area contributed by atoms with Crippen molar-refractivity contribution in [1.82, 2.24) is 9.97 Å². The highest BCUT2D eigenvalue weighted by Gasteiger charge is 2.10. The van der Waals surface area contributed by atoms with Gasteiger partial charge >= 0.3 is 0 Å². The van der Waals surface area contributed by atoms with E-state index in [2.05, 4.69) is 16.5 Å². The zero-order valence-corrected chi connectivity index (χ0v) is 26.3. The molecule has 0 fully saturated rings. The molecular formula is C30H34ClN3O7S2. The van der Waals surface area contributed by atoms with E-state index >= 15 is 0 Å². The molecule has 4 aromatic rings. The van der Waals surface area contributed by atoms with Crippen LogP contribution in [0.15, 0.2) is 95.5 Å². The first-order chi connectivity index (χ1) is 20.1. The highest BCUT2D eigenvalue weighted by atomic mass is 35.5.